The minimum absolute atomic E-state index is 0.383. The van der Waals surface area contributed by atoms with Gasteiger partial charge < -0.3 is 9.47 Å². The first kappa shape index (κ1) is 36.5. The molecular weight excluding hydrogens is 460 g/mol. The molecule has 0 saturated heterocycles. The van der Waals surface area contributed by atoms with Crippen LogP contribution >= 0.6 is 0 Å². The molecule has 0 spiro atoms. The van der Waals surface area contributed by atoms with Crippen LogP contribution in [0.15, 0.2) is 55.7 Å². The summed E-state index contributed by atoms with van der Waals surface area (Å²) in [5.41, 5.74) is 1.02. The van der Waals surface area contributed by atoms with E-state index in [1.165, 1.54) is 84.5 Å². The average molecular weight is 515 g/mol. The van der Waals surface area contributed by atoms with Gasteiger partial charge in [0.25, 0.3) is 0 Å². The fourth-order valence-electron chi connectivity index (χ4n) is 3.48. The molecule has 0 aliphatic carbocycles. The Balaban J connectivity index is 0. The van der Waals surface area contributed by atoms with Crippen molar-refractivity contribution in [3.8, 4) is 11.5 Å². The summed E-state index contributed by atoms with van der Waals surface area (Å²) in [4.78, 5) is 22.4. The predicted octanol–water partition coefficient (Wildman–Crippen LogP) is 10.1. The standard InChI is InChI=1S/C25H38O4.C5H10.C3H6/c1-4-5-6-7-8-9-10-11-12-13-14-15-16-17-23-18-24(28-21(2)26)20-25(19-23)29-22(3)27;1-3-5-4-2;1-3-2/h9-10,18-20H,4-8,11-17H2,1-3H3;3H,1,4-5H2,2H3;3H,1H2,2H3/b10-9-;;. The number of rotatable bonds is 17. The Labute approximate surface area is 228 Å². The number of carbonyl (C=O) groups excluding carboxylic acids is 2. The second kappa shape index (κ2) is 28.0. The zero-order chi connectivity index (χ0) is 28.2. The van der Waals surface area contributed by atoms with Crippen LogP contribution in [-0.4, -0.2) is 11.9 Å². The van der Waals surface area contributed by atoms with Gasteiger partial charge in [-0.25, -0.2) is 0 Å². The molecule has 4 heteroatoms. The minimum atomic E-state index is -0.383. The molecule has 0 aliphatic heterocycles. The van der Waals surface area contributed by atoms with Crippen LogP contribution in [0.1, 0.15) is 124 Å². The van der Waals surface area contributed by atoms with E-state index in [2.05, 4.69) is 39.2 Å². The number of ether oxygens (including phenoxy) is 2. The molecule has 0 N–H and O–H groups in total. The highest BCUT2D eigenvalue weighted by atomic mass is 16.5. The summed E-state index contributed by atoms with van der Waals surface area (Å²) < 4.78 is 10.3. The normalized spacial score (nSPS) is 9.97. The van der Waals surface area contributed by atoms with Gasteiger partial charge in [0, 0.05) is 19.9 Å². The number of hydrogen-bond donors (Lipinski definition) is 0. The van der Waals surface area contributed by atoms with Gasteiger partial charge in [0.05, 0.1) is 0 Å². The molecule has 0 saturated carbocycles. The van der Waals surface area contributed by atoms with Crippen LogP contribution in [0.4, 0.5) is 0 Å². The number of carbonyl (C=O) groups is 2. The van der Waals surface area contributed by atoms with Crippen LogP contribution in [0.3, 0.4) is 0 Å². The predicted molar refractivity (Wildman–Crippen MR) is 159 cm³/mol. The molecule has 0 heterocycles. The fourth-order valence-corrected chi connectivity index (χ4v) is 3.48. The van der Waals surface area contributed by atoms with Crippen molar-refractivity contribution in [1.82, 2.24) is 0 Å². The minimum Gasteiger partial charge on any atom is -0.427 e. The molecule has 0 amide bonds. The Bertz CT molecular complexity index is 714. The van der Waals surface area contributed by atoms with Crippen LogP contribution in [-0.2, 0) is 16.0 Å². The molecule has 0 aromatic heterocycles. The van der Waals surface area contributed by atoms with E-state index in [9.17, 15) is 9.59 Å². The molecule has 1 rings (SSSR count). The second-order valence-corrected chi connectivity index (χ2v) is 9.11. The lowest BCUT2D eigenvalue weighted by Crippen LogP contribution is -2.05. The fraction of sp³-hybridized carbons (Fsp3) is 0.576. The third-order valence-corrected chi connectivity index (χ3v) is 5.18. The van der Waals surface area contributed by atoms with Crippen molar-refractivity contribution >= 4 is 11.9 Å². The van der Waals surface area contributed by atoms with E-state index in [0.717, 1.165) is 24.8 Å². The van der Waals surface area contributed by atoms with Gasteiger partial charge in [0.2, 0.25) is 0 Å². The van der Waals surface area contributed by atoms with Crippen LogP contribution in [0.25, 0.3) is 0 Å². The topological polar surface area (TPSA) is 52.6 Å². The van der Waals surface area contributed by atoms with E-state index in [1.807, 2.05) is 25.1 Å². The Morgan fingerprint density at radius 3 is 1.57 bits per heavy atom. The highest BCUT2D eigenvalue weighted by molar-refractivity contribution is 5.71. The van der Waals surface area contributed by atoms with Crippen molar-refractivity contribution in [2.24, 2.45) is 0 Å². The Hall–Kier alpha value is -2.62. The zero-order valence-corrected chi connectivity index (χ0v) is 24.5. The van der Waals surface area contributed by atoms with Gasteiger partial charge in [0.1, 0.15) is 11.5 Å². The maximum atomic E-state index is 11.2. The second-order valence-electron chi connectivity index (χ2n) is 9.11. The van der Waals surface area contributed by atoms with Crippen LogP contribution < -0.4 is 9.47 Å². The summed E-state index contributed by atoms with van der Waals surface area (Å²) in [6, 6.07) is 5.27. The van der Waals surface area contributed by atoms with Crippen LogP contribution in [0, 0.1) is 0 Å². The molecule has 0 aliphatic rings. The monoisotopic (exact) mass is 514 g/mol. The smallest absolute Gasteiger partial charge is 0.308 e. The first-order valence-electron chi connectivity index (χ1n) is 14.2. The highest BCUT2D eigenvalue weighted by Crippen LogP contribution is 2.25. The van der Waals surface area contributed by atoms with Crippen molar-refractivity contribution in [2.75, 3.05) is 0 Å². The van der Waals surface area contributed by atoms with Gasteiger partial charge in [-0.15, -0.1) is 13.2 Å². The number of allylic oxidation sites excluding steroid dienone is 4. The Morgan fingerprint density at radius 1 is 0.703 bits per heavy atom. The zero-order valence-electron chi connectivity index (χ0n) is 24.5. The molecule has 210 valence electrons. The lowest BCUT2D eigenvalue weighted by molar-refractivity contribution is -0.132. The first-order chi connectivity index (χ1) is 17.8. The van der Waals surface area contributed by atoms with Crippen molar-refractivity contribution < 1.29 is 19.1 Å². The van der Waals surface area contributed by atoms with Crippen molar-refractivity contribution in [3.63, 3.8) is 0 Å². The molecule has 0 bridgehead atoms. The van der Waals surface area contributed by atoms with Gasteiger partial charge in [-0.05, 0) is 69.6 Å². The summed E-state index contributed by atoms with van der Waals surface area (Å²) in [5, 5.41) is 0. The van der Waals surface area contributed by atoms with Crippen molar-refractivity contribution in [2.45, 2.75) is 125 Å². The number of aryl methyl sites for hydroxylation is 1. The summed E-state index contributed by atoms with van der Waals surface area (Å²) in [5.74, 6) is 0.0809. The summed E-state index contributed by atoms with van der Waals surface area (Å²) in [6.45, 7) is 15.9. The SMILES string of the molecule is C=CC.C=CCCC.CCCCCC/C=C\CCCCCCCc1cc(OC(C)=O)cc(OC(C)=O)c1. The first-order valence-corrected chi connectivity index (χ1v) is 14.2. The maximum absolute atomic E-state index is 11.2. The largest absolute Gasteiger partial charge is 0.427 e. The van der Waals surface area contributed by atoms with Gasteiger partial charge in [-0.2, -0.15) is 0 Å². The quantitative estimate of drug-likeness (QED) is 0.0898. The molecule has 0 fully saturated rings. The summed E-state index contributed by atoms with van der Waals surface area (Å²) in [7, 11) is 0. The molecule has 0 atom stereocenters. The Kier molecular flexibility index (Phi) is 27.6. The molecule has 0 radical (unpaired) electrons. The molecule has 0 unspecified atom stereocenters. The molecule has 1 aromatic rings. The molecule has 1 aromatic carbocycles. The number of unbranched alkanes of at least 4 members (excludes halogenated alkanes) is 10. The number of benzene rings is 1. The third kappa shape index (κ3) is 27.8. The lowest BCUT2D eigenvalue weighted by atomic mass is 10.0. The van der Waals surface area contributed by atoms with E-state index >= 15 is 0 Å². The van der Waals surface area contributed by atoms with E-state index in [0.29, 0.717) is 11.5 Å². The van der Waals surface area contributed by atoms with Crippen molar-refractivity contribution in [1.29, 1.82) is 0 Å². The lowest BCUT2D eigenvalue weighted by Gasteiger charge is -2.09. The van der Waals surface area contributed by atoms with Gasteiger partial charge >= 0.3 is 11.9 Å². The van der Waals surface area contributed by atoms with Crippen LogP contribution in [0.2, 0.25) is 0 Å². The van der Waals surface area contributed by atoms with Gasteiger partial charge in [-0.1, -0.05) is 83.1 Å². The van der Waals surface area contributed by atoms with E-state index < -0.39 is 0 Å². The third-order valence-electron chi connectivity index (χ3n) is 5.18. The Morgan fingerprint density at radius 2 is 1.16 bits per heavy atom. The maximum Gasteiger partial charge on any atom is 0.308 e. The highest BCUT2D eigenvalue weighted by Gasteiger charge is 2.07. The number of esters is 2. The van der Waals surface area contributed by atoms with Crippen LogP contribution in [0.5, 0.6) is 11.5 Å². The number of hydrogen-bond acceptors (Lipinski definition) is 4. The summed E-state index contributed by atoms with van der Waals surface area (Å²) in [6.07, 6.45) is 25.3. The van der Waals surface area contributed by atoms with Gasteiger partial charge in [-0.3, -0.25) is 9.59 Å². The van der Waals surface area contributed by atoms with E-state index in [1.54, 1.807) is 12.1 Å². The molecule has 4 nitrogen and oxygen atoms in total. The average Bonchev–Trinajstić information content (AvgIpc) is 2.82. The van der Waals surface area contributed by atoms with Crippen molar-refractivity contribution in [3.05, 3.63) is 61.2 Å². The van der Waals surface area contributed by atoms with E-state index in [4.69, 9.17) is 9.47 Å². The molecular formula is C33H54O4. The van der Waals surface area contributed by atoms with E-state index in [-0.39, 0.29) is 11.9 Å². The summed E-state index contributed by atoms with van der Waals surface area (Å²) >= 11 is 0. The molecule has 37 heavy (non-hydrogen) atoms. The van der Waals surface area contributed by atoms with Gasteiger partial charge in [0.15, 0.2) is 0 Å².